The molecule has 1 aromatic rings. The smallest absolute Gasteiger partial charge is 0.387 e. The Morgan fingerprint density at radius 1 is 1.35 bits per heavy atom. The first-order valence-corrected chi connectivity index (χ1v) is 7.03. The minimum Gasteiger partial charge on any atom is -0.435 e. The van der Waals surface area contributed by atoms with E-state index in [1.807, 2.05) is 13.0 Å². The van der Waals surface area contributed by atoms with Crippen LogP contribution < -0.4 is 10.1 Å². The SMILES string of the molecule is CC(NC1CCCC(O)C1)c1cccc(OC(F)F)c1. The fourth-order valence-electron chi connectivity index (χ4n) is 2.73. The van der Waals surface area contributed by atoms with Gasteiger partial charge in [0.1, 0.15) is 5.75 Å². The number of aliphatic hydroxyl groups excluding tert-OH is 1. The predicted molar refractivity (Wildman–Crippen MR) is 72.9 cm³/mol. The Bertz CT molecular complexity index is 428. The standard InChI is InChI=1S/C15H21F2NO2/c1-10(18-12-5-3-6-13(19)9-12)11-4-2-7-14(8-11)20-15(16)17/h2,4,7-8,10,12-13,15,18-19H,3,5-6,9H2,1H3. The van der Waals surface area contributed by atoms with Crippen molar-refractivity contribution in [2.24, 2.45) is 0 Å². The molecule has 0 heterocycles. The number of halogens is 2. The van der Waals surface area contributed by atoms with Gasteiger partial charge < -0.3 is 15.2 Å². The molecule has 2 rings (SSSR count). The molecule has 0 aliphatic heterocycles. The van der Waals surface area contributed by atoms with Gasteiger partial charge in [-0.15, -0.1) is 0 Å². The molecule has 0 radical (unpaired) electrons. The van der Waals surface area contributed by atoms with Crippen LogP contribution >= 0.6 is 0 Å². The number of ether oxygens (including phenoxy) is 1. The van der Waals surface area contributed by atoms with Crippen LogP contribution in [0.3, 0.4) is 0 Å². The Morgan fingerprint density at radius 3 is 2.85 bits per heavy atom. The van der Waals surface area contributed by atoms with Gasteiger partial charge >= 0.3 is 6.61 Å². The lowest BCUT2D eigenvalue weighted by Gasteiger charge is -2.29. The quantitative estimate of drug-likeness (QED) is 0.872. The van der Waals surface area contributed by atoms with E-state index in [1.54, 1.807) is 12.1 Å². The first kappa shape index (κ1) is 15.2. The molecular weight excluding hydrogens is 264 g/mol. The summed E-state index contributed by atoms with van der Waals surface area (Å²) in [5, 5.41) is 13.1. The average Bonchev–Trinajstić information content (AvgIpc) is 2.38. The van der Waals surface area contributed by atoms with E-state index >= 15 is 0 Å². The Labute approximate surface area is 117 Å². The predicted octanol–water partition coefficient (Wildman–Crippen LogP) is 3.24. The summed E-state index contributed by atoms with van der Waals surface area (Å²) in [6.07, 6.45) is 3.43. The number of alkyl halides is 2. The third-order valence-electron chi connectivity index (χ3n) is 3.72. The lowest BCUT2D eigenvalue weighted by atomic mass is 9.92. The maximum Gasteiger partial charge on any atom is 0.387 e. The van der Waals surface area contributed by atoms with Gasteiger partial charge in [-0.2, -0.15) is 8.78 Å². The highest BCUT2D eigenvalue weighted by Gasteiger charge is 2.21. The van der Waals surface area contributed by atoms with Crippen LogP contribution in [-0.2, 0) is 0 Å². The second kappa shape index (κ2) is 6.99. The van der Waals surface area contributed by atoms with Gasteiger partial charge in [-0.25, -0.2) is 0 Å². The minimum atomic E-state index is -2.80. The van der Waals surface area contributed by atoms with Crippen molar-refractivity contribution in [3.8, 4) is 5.75 Å². The van der Waals surface area contributed by atoms with Gasteiger partial charge in [0.25, 0.3) is 0 Å². The summed E-state index contributed by atoms with van der Waals surface area (Å²) in [4.78, 5) is 0. The third-order valence-corrected chi connectivity index (χ3v) is 3.72. The van der Waals surface area contributed by atoms with Gasteiger partial charge in [0, 0.05) is 12.1 Å². The summed E-state index contributed by atoms with van der Waals surface area (Å²) < 4.78 is 28.8. The highest BCUT2D eigenvalue weighted by Crippen LogP contribution is 2.24. The van der Waals surface area contributed by atoms with Crippen molar-refractivity contribution in [3.63, 3.8) is 0 Å². The number of aliphatic hydroxyl groups is 1. The Balaban J connectivity index is 1.96. The van der Waals surface area contributed by atoms with Crippen LogP contribution in [0.15, 0.2) is 24.3 Å². The van der Waals surface area contributed by atoms with Gasteiger partial charge in [0.15, 0.2) is 0 Å². The van der Waals surface area contributed by atoms with Crippen molar-refractivity contribution >= 4 is 0 Å². The van der Waals surface area contributed by atoms with Crippen LogP contribution in [-0.4, -0.2) is 23.9 Å². The van der Waals surface area contributed by atoms with E-state index in [-0.39, 0.29) is 23.9 Å². The maximum atomic E-state index is 12.2. The molecule has 1 aliphatic carbocycles. The molecule has 2 N–H and O–H groups in total. The minimum absolute atomic E-state index is 0.0338. The maximum absolute atomic E-state index is 12.2. The molecule has 20 heavy (non-hydrogen) atoms. The lowest BCUT2D eigenvalue weighted by Crippen LogP contribution is -2.37. The molecule has 1 aromatic carbocycles. The van der Waals surface area contributed by atoms with E-state index in [9.17, 15) is 13.9 Å². The van der Waals surface area contributed by atoms with E-state index in [0.717, 1.165) is 31.2 Å². The van der Waals surface area contributed by atoms with Gasteiger partial charge in [0.05, 0.1) is 6.10 Å². The van der Waals surface area contributed by atoms with Crippen LogP contribution in [0.2, 0.25) is 0 Å². The summed E-state index contributed by atoms with van der Waals surface area (Å²) in [6.45, 7) is -0.815. The van der Waals surface area contributed by atoms with Crippen LogP contribution in [0.4, 0.5) is 8.78 Å². The van der Waals surface area contributed by atoms with E-state index in [2.05, 4.69) is 10.1 Å². The fraction of sp³-hybridized carbons (Fsp3) is 0.600. The van der Waals surface area contributed by atoms with Crippen molar-refractivity contribution in [2.45, 2.75) is 57.4 Å². The number of hydrogen-bond donors (Lipinski definition) is 2. The second-order valence-electron chi connectivity index (χ2n) is 5.36. The lowest BCUT2D eigenvalue weighted by molar-refractivity contribution is -0.0499. The van der Waals surface area contributed by atoms with Gasteiger partial charge in [-0.05, 0) is 50.3 Å². The number of nitrogens with one attached hydrogen (secondary N) is 1. The van der Waals surface area contributed by atoms with Crippen molar-refractivity contribution in [3.05, 3.63) is 29.8 Å². The molecule has 0 spiro atoms. The monoisotopic (exact) mass is 285 g/mol. The van der Waals surface area contributed by atoms with Crippen LogP contribution in [0, 0.1) is 0 Å². The highest BCUT2D eigenvalue weighted by atomic mass is 19.3. The molecule has 0 aromatic heterocycles. The zero-order valence-electron chi connectivity index (χ0n) is 11.6. The van der Waals surface area contributed by atoms with Crippen molar-refractivity contribution in [2.75, 3.05) is 0 Å². The zero-order chi connectivity index (χ0) is 14.5. The molecule has 0 amide bonds. The molecule has 112 valence electrons. The largest absolute Gasteiger partial charge is 0.435 e. The Morgan fingerprint density at radius 2 is 2.15 bits per heavy atom. The van der Waals surface area contributed by atoms with Gasteiger partial charge in [0.2, 0.25) is 0 Å². The van der Waals surface area contributed by atoms with E-state index in [4.69, 9.17) is 0 Å². The van der Waals surface area contributed by atoms with Crippen molar-refractivity contribution < 1.29 is 18.6 Å². The number of benzene rings is 1. The first-order chi connectivity index (χ1) is 9.54. The van der Waals surface area contributed by atoms with E-state index in [0.29, 0.717) is 0 Å². The van der Waals surface area contributed by atoms with Crippen LogP contribution in [0.25, 0.3) is 0 Å². The fourth-order valence-corrected chi connectivity index (χ4v) is 2.73. The molecule has 5 heteroatoms. The normalized spacial score (nSPS) is 24.6. The molecular formula is C15H21F2NO2. The highest BCUT2D eigenvalue weighted by molar-refractivity contribution is 5.30. The topological polar surface area (TPSA) is 41.5 Å². The molecule has 3 nitrogen and oxygen atoms in total. The van der Waals surface area contributed by atoms with Crippen molar-refractivity contribution in [1.29, 1.82) is 0 Å². The van der Waals surface area contributed by atoms with Crippen LogP contribution in [0.1, 0.15) is 44.2 Å². The Hall–Kier alpha value is -1.20. The molecule has 3 unspecified atom stereocenters. The summed E-state index contributed by atoms with van der Waals surface area (Å²) in [6, 6.07) is 7.05. The molecule has 1 saturated carbocycles. The summed E-state index contributed by atoms with van der Waals surface area (Å²) in [5.41, 5.74) is 0.906. The average molecular weight is 285 g/mol. The Kier molecular flexibility index (Phi) is 5.31. The van der Waals surface area contributed by atoms with Crippen molar-refractivity contribution in [1.82, 2.24) is 5.32 Å². The molecule has 0 bridgehead atoms. The molecule has 0 saturated heterocycles. The number of rotatable bonds is 5. The van der Waals surface area contributed by atoms with E-state index in [1.165, 1.54) is 6.07 Å². The van der Waals surface area contributed by atoms with Gasteiger partial charge in [-0.1, -0.05) is 12.1 Å². The summed E-state index contributed by atoms with van der Waals surface area (Å²) >= 11 is 0. The molecule has 3 atom stereocenters. The molecule has 1 aliphatic rings. The first-order valence-electron chi connectivity index (χ1n) is 7.03. The third kappa shape index (κ3) is 4.42. The molecule has 1 fully saturated rings. The summed E-state index contributed by atoms with van der Waals surface area (Å²) in [5.74, 6) is 0.176. The van der Waals surface area contributed by atoms with E-state index < -0.39 is 6.61 Å². The van der Waals surface area contributed by atoms with Gasteiger partial charge in [-0.3, -0.25) is 0 Å². The second-order valence-corrected chi connectivity index (χ2v) is 5.36. The zero-order valence-corrected chi connectivity index (χ0v) is 11.6. The number of hydrogen-bond acceptors (Lipinski definition) is 3. The van der Waals surface area contributed by atoms with Crippen LogP contribution in [0.5, 0.6) is 5.75 Å². The summed E-state index contributed by atoms with van der Waals surface area (Å²) in [7, 11) is 0.